The molecule has 3 rings (SSSR count). The fourth-order valence-electron chi connectivity index (χ4n) is 2.63. The second kappa shape index (κ2) is 5.21. The highest BCUT2D eigenvalue weighted by atomic mass is 31.2. The van der Waals surface area contributed by atoms with Gasteiger partial charge in [0.05, 0.1) is 0 Å². The van der Waals surface area contributed by atoms with E-state index in [-0.39, 0.29) is 0 Å². The van der Waals surface area contributed by atoms with Gasteiger partial charge in [0.15, 0.2) is 0 Å². The van der Waals surface area contributed by atoms with Gasteiger partial charge in [0.1, 0.15) is 0 Å². The number of anilines is 2. The number of rotatable bonds is 2. The third kappa shape index (κ3) is 2.57. The van der Waals surface area contributed by atoms with Crippen molar-refractivity contribution in [3.63, 3.8) is 0 Å². The van der Waals surface area contributed by atoms with Crippen LogP contribution in [0, 0.1) is 13.8 Å². The SMILES string of the molecule is Cc1ccc(N2CCN(c3ccc(C)cc3)P2(N)=O)cc1. The molecule has 0 spiro atoms. The minimum absolute atomic E-state index is 0.671. The van der Waals surface area contributed by atoms with Gasteiger partial charge in [-0.15, -0.1) is 0 Å². The van der Waals surface area contributed by atoms with Crippen molar-refractivity contribution in [1.82, 2.24) is 0 Å². The monoisotopic (exact) mass is 301 g/mol. The first kappa shape index (κ1) is 14.2. The van der Waals surface area contributed by atoms with Crippen LogP contribution in [0.3, 0.4) is 0 Å². The summed E-state index contributed by atoms with van der Waals surface area (Å²) in [6.07, 6.45) is 0. The highest BCUT2D eigenvalue weighted by Gasteiger charge is 2.40. The van der Waals surface area contributed by atoms with Gasteiger partial charge in [0.25, 0.3) is 0 Å². The van der Waals surface area contributed by atoms with Crippen molar-refractivity contribution < 1.29 is 4.57 Å². The van der Waals surface area contributed by atoms with Gasteiger partial charge in [-0.2, -0.15) is 0 Å². The predicted octanol–water partition coefficient (Wildman–Crippen LogP) is 3.70. The topological polar surface area (TPSA) is 49.6 Å². The Labute approximate surface area is 125 Å². The lowest BCUT2D eigenvalue weighted by atomic mass is 10.2. The Morgan fingerprint density at radius 2 is 1.14 bits per heavy atom. The molecule has 21 heavy (non-hydrogen) atoms. The molecular formula is C16H20N3OP. The van der Waals surface area contributed by atoms with Crippen LogP contribution in [0.2, 0.25) is 0 Å². The van der Waals surface area contributed by atoms with Crippen LogP contribution in [-0.2, 0) is 4.57 Å². The third-order valence-corrected chi connectivity index (χ3v) is 6.12. The van der Waals surface area contributed by atoms with E-state index in [2.05, 4.69) is 0 Å². The first-order valence-corrected chi connectivity index (χ1v) is 8.74. The summed E-state index contributed by atoms with van der Waals surface area (Å²) in [6, 6.07) is 16.0. The lowest BCUT2D eigenvalue weighted by molar-refractivity contribution is 0.576. The molecule has 0 bridgehead atoms. The maximum Gasteiger partial charge on any atom is 0.330 e. The lowest BCUT2D eigenvalue weighted by Crippen LogP contribution is -2.24. The van der Waals surface area contributed by atoms with Gasteiger partial charge in [-0.25, -0.2) is 5.50 Å². The van der Waals surface area contributed by atoms with Crippen LogP contribution in [-0.4, -0.2) is 13.1 Å². The standard InChI is InChI=1S/C16H20N3OP/c1-13-3-7-15(8-4-13)18-11-12-19(21(18,17)20)16-9-5-14(2)6-10-16/h3-10H,11-12H2,1-2H3,(H2,17,20). The zero-order valence-corrected chi connectivity index (χ0v) is 13.3. The minimum Gasteiger partial charge on any atom is -0.293 e. The van der Waals surface area contributed by atoms with Crippen molar-refractivity contribution in [2.75, 3.05) is 22.4 Å². The fourth-order valence-corrected chi connectivity index (χ4v) is 4.57. The molecule has 0 aromatic heterocycles. The van der Waals surface area contributed by atoms with E-state index < -0.39 is 7.59 Å². The van der Waals surface area contributed by atoms with E-state index in [1.54, 1.807) is 0 Å². The Hall–Kier alpha value is -1.77. The van der Waals surface area contributed by atoms with Crippen LogP contribution in [0.15, 0.2) is 48.5 Å². The molecule has 0 radical (unpaired) electrons. The summed E-state index contributed by atoms with van der Waals surface area (Å²) in [5, 5.41) is 0. The molecule has 1 saturated heterocycles. The van der Waals surface area contributed by atoms with E-state index in [0.717, 1.165) is 11.4 Å². The Bertz CT molecular complexity index is 624. The molecule has 1 aliphatic heterocycles. The molecule has 1 aliphatic rings. The fraction of sp³-hybridized carbons (Fsp3) is 0.250. The van der Waals surface area contributed by atoms with Crippen LogP contribution in [0.4, 0.5) is 11.4 Å². The summed E-state index contributed by atoms with van der Waals surface area (Å²) in [4.78, 5) is 0. The molecule has 2 aromatic rings. The summed E-state index contributed by atoms with van der Waals surface area (Å²) < 4.78 is 16.7. The molecule has 5 heteroatoms. The van der Waals surface area contributed by atoms with E-state index >= 15 is 0 Å². The zero-order chi connectivity index (χ0) is 15.0. The van der Waals surface area contributed by atoms with Crippen molar-refractivity contribution in [3.05, 3.63) is 59.7 Å². The Morgan fingerprint density at radius 1 is 0.810 bits per heavy atom. The van der Waals surface area contributed by atoms with Crippen LogP contribution in [0.1, 0.15) is 11.1 Å². The summed E-state index contributed by atoms with van der Waals surface area (Å²) in [7, 11) is -3.07. The third-order valence-electron chi connectivity index (χ3n) is 3.88. The number of benzene rings is 2. The molecule has 2 aromatic carbocycles. The van der Waals surface area contributed by atoms with Gasteiger partial charge in [0.2, 0.25) is 0 Å². The average molecular weight is 301 g/mol. The number of hydrogen-bond acceptors (Lipinski definition) is 1. The van der Waals surface area contributed by atoms with Crippen LogP contribution >= 0.6 is 7.59 Å². The van der Waals surface area contributed by atoms with Crippen molar-refractivity contribution in [1.29, 1.82) is 0 Å². The highest BCUT2D eigenvalue weighted by molar-refractivity contribution is 7.65. The van der Waals surface area contributed by atoms with E-state index in [9.17, 15) is 4.57 Å². The quantitative estimate of drug-likeness (QED) is 0.859. The van der Waals surface area contributed by atoms with E-state index in [0.29, 0.717) is 13.1 Å². The first-order valence-electron chi connectivity index (χ1n) is 7.06. The molecule has 1 fully saturated rings. The molecule has 0 aliphatic carbocycles. The maximum atomic E-state index is 13.1. The second-order valence-corrected chi connectivity index (χ2v) is 7.65. The van der Waals surface area contributed by atoms with Gasteiger partial charge in [-0.05, 0) is 38.1 Å². The number of nitrogens with two attached hydrogens (primary N) is 1. The molecule has 110 valence electrons. The Morgan fingerprint density at radius 3 is 1.48 bits per heavy atom. The van der Waals surface area contributed by atoms with Crippen molar-refractivity contribution in [2.24, 2.45) is 5.50 Å². The van der Waals surface area contributed by atoms with Gasteiger partial charge in [-0.1, -0.05) is 35.4 Å². The average Bonchev–Trinajstić information content (AvgIpc) is 2.76. The molecule has 2 N–H and O–H groups in total. The molecule has 1 heterocycles. The van der Waals surface area contributed by atoms with E-state index in [4.69, 9.17) is 5.50 Å². The minimum atomic E-state index is -3.07. The van der Waals surface area contributed by atoms with Crippen LogP contribution in [0.25, 0.3) is 0 Å². The highest BCUT2D eigenvalue weighted by Crippen LogP contribution is 2.53. The van der Waals surface area contributed by atoms with E-state index in [1.165, 1.54) is 11.1 Å². The van der Waals surface area contributed by atoms with Gasteiger partial charge < -0.3 is 0 Å². The Kier molecular flexibility index (Phi) is 3.52. The second-order valence-electron chi connectivity index (χ2n) is 5.51. The van der Waals surface area contributed by atoms with Crippen molar-refractivity contribution in [3.8, 4) is 0 Å². The summed E-state index contributed by atoms with van der Waals surface area (Å²) in [5.41, 5.74) is 10.4. The lowest BCUT2D eigenvalue weighted by Gasteiger charge is -2.28. The first-order chi connectivity index (χ1) is 9.98. The summed E-state index contributed by atoms with van der Waals surface area (Å²) in [5.74, 6) is 0. The van der Waals surface area contributed by atoms with E-state index in [1.807, 2.05) is 71.7 Å². The van der Waals surface area contributed by atoms with Gasteiger partial charge in [0, 0.05) is 24.5 Å². The molecule has 0 atom stereocenters. The van der Waals surface area contributed by atoms with Crippen LogP contribution in [0.5, 0.6) is 0 Å². The Balaban J connectivity index is 1.92. The smallest absolute Gasteiger partial charge is 0.293 e. The molecule has 0 amide bonds. The molecule has 4 nitrogen and oxygen atoms in total. The number of aryl methyl sites for hydroxylation is 2. The maximum absolute atomic E-state index is 13.1. The van der Waals surface area contributed by atoms with Crippen molar-refractivity contribution >= 4 is 19.0 Å². The molecular weight excluding hydrogens is 281 g/mol. The van der Waals surface area contributed by atoms with Gasteiger partial charge in [-0.3, -0.25) is 13.9 Å². The van der Waals surface area contributed by atoms with Gasteiger partial charge >= 0.3 is 7.59 Å². The largest absolute Gasteiger partial charge is 0.330 e. The predicted molar refractivity (Wildman–Crippen MR) is 88.8 cm³/mol. The zero-order valence-electron chi connectivity index (χ0n) is 12.4. The number of nitrogens with zero attached hydrogens (tertiary/aromatic N) is 2. The van der Waals surface area contributed by atoms with Crippen LogP contribution < -0.4 is 14.8 Å². The van der Waals surface area contributed by atoms with Crippen molar-refractivity contribution in [2.45, 2.75) is 13.8 Å². The summed E-state index contributed by atoms with van der Waals surface area (Å²) >= 11 is 0. The molecule has 0 unspecified atom stereocenters. The summed E-state index contributed by atoms with van der Waals surface area (Å²) in [6.45, 7) is 5.41. The normalized spacial score (nSPS) is 17.3. The molecule has 0 saturated carbocycles. The number of hydrogen-bond donors (Lipinski definition) is 1.